The number of benzene rings is 4. The maximum absolute atomic E-state index is 4.98. The molecule has 8 rings (SSSR count). The summed E-state index contributed by atoms with van der Waals surface area (Å²) in [5, 5.41) is 0. The third-order valence-corrected chi connectivity index (χ3v) is 9.63. The highest BCUT2D eigenvalue weighted by Gasteiger charge is 2.59. The molecular weight excluding hydrogens is 534 g/mol. The second-order valence-electron chi connectivity index (χ2n) is 12.1. The number of allylic oxidation sites excluding steroid dienone is 6. The van der Waals surface area contributed by atoms with Crippen molar-refractivity contribution in [2.75, 3.05) is 0 Å². The van der Waals surface area contributed by atoms with Crippen molar-refractivity contribution in [2.45, 2.75) is 25.2 Å². The molecule has 0 N–H and O–H groups in total. The molecule has 4 aromatic carbocycles. The molecule has 0 radical (unpaired) electrons. The SMILES string of the molecule is CC1(C2(c3ccc(-c4nc(-c5ccccc5)nc(-c5ccccc5)n4)cc3)c3ccccc3C3=C=C=CCC32)C=CC=CC1. The van der Waals surface area contributed by atoms with Crippen LogP contribution in [0.25, 0.3) is 39.7 Å². The first-order valence-electron chi connectivity index (χ1n) is 15.3. The minimum Gasteiger partial charge on any atom is -0.208 e. The van der Waals surface area contributed by atoms with Gasteiger partial charge in [-0.3, -0.25) is 0 Å². The minimum atomic E-state index is -0.270. The van der Waals surface area contributed by atoms with E-state index in [0.717, 1.165) is 29.5 Å². The van der Waals surface area contributed by atoms with Crippen molar-refractivity contribution >= 4 is 5.57 Å². The van der Waals surface area contributed by atoms with E-state index >= 15 is 0 Å². The van der Waals surface area contributed by atoms with E-state index in [2.05, 4.69) is 97.3 Å². The normalized spacial score (nSPS) is 22.8. The van der Waals surface area contributed by atoms with Gasteiger partial charge in [0.15, 0.2) is 17.5 Å². The molecule has 210 valence electrons. The molecule has 0 aliphatic heterocycles. The van der Waals surface area contributed by atoms with Crippen molar-refractivity contribution < 1.29 is 0 Å². The highest BCUT2D eigenvalue weighted by atomic mass is 15.0. The van der Waals surface area contributed by atoms with E-state index in [1.54, 1.807) is 0 Å². The van der Waals surface area contributed by atoms with Crippen molar-refractivity contribution in [3.8, 4) is 34.2 Å². The van der Waals surface area contributed by atoms with Gasteiger partial charge < -0.3 is 0 Å². The lowest BCUT2D eigenvalue weighted by atomic mass is 9.51. The number of hydrogen-bond acceptors (Lipinski definition) is 3. The van der Waals surface area contributed by atoms with Gasteiger partial charge >= 0.3 is 0 Å². The van der Waals surface area contributed by atoms with E-state index in [1.807, 2.05) is 60.7 Å². The molecule has 0 saturated carbocycles. The summed E-state index contributed by atoms with van der Waals surface area (Å²) >= 11 is 0. The zero-order valence-electron chi connectivity index (χ0n) is 24.6. The standard InChI is InChI=1S/C41H31N3/c1-40(27-13-4-14-28-40)41(35-21-11-9-19-33(35)34-20-10-12-22-36(34)41)32-25-23-31(24-26-32)39-43-37(29-15-5-2-6-16-29)42-38(44-39)30-17-7-3-8-18-30/h2-9,11-19,21,23-27,36H,22,28H2,1H3. The summed E-state index contributed by atoms with van der Waals surface area (Å²) in [5.41, 5.74) is 14.6. The monoisotopic (exact) mass is 565 g/mol. The summed E-state index contributed by atoms with van der Waals surface area (Å²) in [4.78, 5) is 14.8. The average molecular weight is 566 g/mol. The van der Waals surface area contributed by atoms with Gasteiger partial charge in [-0.15, -0.1) is 0 Å². The fraction of sp³-hybridized carbons (Fsp3) is 0.146. The van der Waals surface area contributed by atoms with Crippen molar-refractivity contribution in [3.05, 3.63) is 168 Å². The Balaban J connectivity index is 1.30. The highest BCUT2D eigenvalue weighted by molar-refractivity contribution is 5.81. The van der Waals surface area contributed by atoms with Crippen molar-refractivity contribution in [2.24, 2.45) is 11.3 Å². The lowest BCUT2D eigenvalue weighted by Crippen LogP contribution is -2.47. The van der Waals surface area contributed by atoms with Gasteiger partial charge in [0.05, 0.1) is 0 Å². The van der Waals surface area contributed by atoms with Crippen LogP contribution in [0.5, 0.6) is 0 Å². The fourth-order valence-electron chi connectivity index (χ4n) is 7.64. The van der Waals surface area contributed by atoms with Crippen LogP contribution >= 0.6 is 0 Å². The molecule has 44 heavy (non-hydrogen) atoms. The zero-order valence-corrected chi connectivity index (χ0v) is 24.6. The Morgan fingerprint density at radius 2 is 1.25 bits per heavy atom. The van der Waals surface area contributed by atoms with Crippen LogP contribution in [0, 0.1) is 11.3 Å². The van der Waals surface area contributed by atoms with Gasteiger partial charge in [0.25, 0.3) is 0 Å². The quantitative estimate of drug-likeness (QED) is 0.199. The first-order chi connectivity index (χ1) is 21.7. The Hall–Kier alpha value is -5.33. The smallest absolute Gasteiger partial charge is 0.164 e. The summed E-state index contributed by atoms with van der Waals surface area (Å²) < 4.78 is 0. The molecule has 3 unspecified atom stereocenters. The van der Waals surface area contributed by atoms with Crippen LogP contribution in [0.3, 0.4) is 0 Å². The molecule has 3 aliphatic rings. The van der Waals surface area contributed by atoms with Crippen molar-refractivity contribution in [1.82, 2.24) is 15.0 Å². The molecule has 3 aliphatic carbocycles. The Labute approximate surface area is 258 Å². The Bertz CT molecular complexity index is 1990. The third-order valence-electron chi connectivity index (χ3n) is 9.63. The molecule has 1 aromatic heterocycles. The predicted molar refractivity (Wildman–Crippen MR) is 177 cm³/mol. The fourth-order valence-corrected chi connectivity index (χ4v) is 7.64. The Kier molecular flexibility index (Phi) is 6.24. The van der Waals surface area contributed by atoms with Gasteiger partial charge in [-0.1, -0.05) is 152 Å². The highest BCUT2D eigenvalue weighted by Crippen LogP contribution is 2.65. The topological polar surface area (TPSA) is 38.7 Å². The number of aromatic nitrogens is 3. The molecule has 3 atom stereocenters. The molecule has 0 spiro atoms. The van der Waals surface area contributed by atoms with Crippen LogP contribution in [-0.2, 0) is 5.41 Å². The van der Waals surface area contributed by atoms with Gasteiger partial charge in [0, 0.05) is 39.0 Å². The minimum absolute atomic E-state index is 0.132. The summed E-state index contributed by atoms with van der Waals surface area (Å²) in [6.45, 7) is 2.42. The van der Waals surface area contributed by atoms with Crippen LogP contribution in [0.4, 0.5) is 0 Å². The molecule has 3 heteroatoms. The molecule has 0 saturated heterocycles. The van der Waals surface area contributed by atoms with Gasteiger partial charge in [0.2, 0.25) is 0 Å². The maximum Gasteiger partial charge on any atom is 0.164 e. The second-order valence-corrected chi connectivity index (χ2v) is 12.1. The molecule has 5 aromatic rings. The van der Waals surface area contributed by atoms with Gasteiger partial charge in [-0.25, -0.2) is 15.0 Å². The van der Waals surface area contributed by atoms with E-state index < -0.39 is 0 Å². The lowest BCUT2D eigenvalue weighted by molar-refractivity contribution is 0.199. The van der Waals surface area contributed by atoms with E-state index in [-0.39, 0.29) is 16.7 Å². The predicted octanol–water partition coefficient (Wildman–Crippen LogP) is 9.41. The Morgan fingerprint density at radius 3 is 1.86 bits per heavy atom. The van der Waals surface area contributed by atoms with Crippen LogP contribution in [-0.4, -0.2) is 15.0 Å². The van der Waals surface area contributed by atoms with E-state index in [9.17, 15) is 0 Å². The molecule has 3 nitrogen and oxygen atoms in total. The maximum atomic E-state index is 4.98. The zero-order chi connectivity index (χ0) is 29.6. The molecule has 0 fully saturated rings. The largest absolute Gasteiger partial charge is 0.208 e. The van der Waals surface area contributed by atoms with Crippen LogP contribution in [0.15, 0.2) is 151 Å². The lowest BCUT2D eigenvalue weighted by Gasteiger charge is -2.50. The molecule has 1 heterocycles. The third kappa shape index (κ3) is 4.02. The molecular formula is C41H31N3. The average Bonchev–Trinajstić information content (AvgIpc) is 3.41. The van der Waals surface area contributed by atoms with Gasteiger partial charge in [0.1, 0.15) is 0 Å². The van der Waals surface area contributed by atoms with Crippen molar-refractivity contribution in [1.29, 1.82) is 0 Å². The van der Waals surface area contributed by atoms with Gasteiger partial charge in [-0.2, -0.15) is 0 Å². The van der Waals surface area contributed by atoms with Crippen LogP contribution in [0.1, 0.15) is 36.5 Å². The first kappa shape index (κ1) is 26.3. The first-order valence-corrected chi connectivity index (χ1v) is 15.3. The number of nitrogens with zero attached hydrogens (tertiary/aromatic N) is 3. The van der Waals surface area contributed by atoms with Crippen LogP contribution < -0.4 is 0 Å². The van der Waals surface area contributed by atoms with Crippen molar-refractivity contribution in [3.63, 3.8) is 0 Å². The second kappa shape index (κ2) is 10.4. The summed E-state index contributed by atoms with van der Waals surface area (Å²) in [5.74, 6) is 2.27. The number of fused-ring (bicyclic) bond motifs is 3. The molecule has 0 bridgehead atoms. The van der Waals surface area contributed by atoms with E-state index in [0.29, 0.717) is 17.5 Å². The number of hydrogen-bond donors (Lipinski definition) is 0. The Morgan fingerprint density at radius 1 is 0.659 bits per heavy atom. The summed E-state index contributed by atoms with van der Waals surface area (Å²) in [6.07, 6.45) is 13.2. The number of rotatable bonds is 5. The summed E-state index contributed by atoms with van der Waals surface area (Å²) in [7, 11) is 0. The summed E-state index contributed by atoms with van der Waals surface area (Å²) in [6, 6.07) is 38.2. The molecule has 0 amide bonds. The van der Waals surface area contributed by atoms with Gasteiger partial charge in [-0.05, 0) is 35.6 Å². The van der Waals surface area contributed by atoms with E-state index in [4.69, 9.17) is 15.0 Å². The van der Waals surface area contributed by atoms with Crippen LogP contribution in [0.2, 0.25) is 0 Å². The van der Waals surface area contributed by atoms with E-state index in [1.165, 1.54) is 22.3 Å².